The Bertz CT molecular complexity index is 827. The van der Waals surface area contributed by atoms with Crippen LogP contribution in [0.3, 0.4) is 0 Å². The molecule has 24 heavy (non-hydrogen) atoms. The maximum atomic E-state index is 11.8. The first-order valence-corrected chi connectivity index (χ1v) is 8.68. The van der Waals surface area contributed by atoms with Gasteiger partial charge in [-0.05, 0) is 45.3 Å². The van der Waals surface area contributed by atoms with Crippen molar-refractivity contribution >= 4 is 16.0 Å². The number of primary sulfonamides is 1. The van der Waals surface area contributed by atoms with Crippen LogP contribution < -0.4 is 5.14 Å². The molecule has 9 nitrogen and oxygen atoms in total. The smallest absolute Gasteiger partial charge is 0.378 e. The highest BCUT2D eigenvalue weighted by molar-refractivity contribution is 7.89. The summed E-state index contributed by atoms with van der Waals surface area (Å²) >= 11 is 0. The van der Waals surface area contributed by atoms with Gasteiger partial charge in [0, 0.05) is 0 Å². The molecule has 0 unspecified atom stereocenters. The van der Waals surface area contributed by atoms with Gasteiger partial charge in [-0.1, -0.05) is 0 Å². The predicted molar refractivity (Wildman–Crippen MR) is 86.1 cm³/mol. The number of hydrogen-bond donors (Lipinski definition) is 1. The third-order valence-corrected chi connectivity index (χ3v) is 3.93. The van der Waals surface area contributed by atoms with E-state index in [0.29, 0.717) is 18.1 Å². The van der Waals surface area contributed by atoms with Crippen molar-refractivity contribution in [2.45, 2.75) is 18.4 Å². The number of sulfonamides is 1. The minimum atomic E-state index is -3.77. The van der Waals surface area contributed by atoms with Gasteiger partial charge in [-0.25, -0.2) is 28.0 Å². The van der Waals surface area contributed by atoms with Gasteiger partial charge in [0.2, 0.25) is 10.0 Å². The van der Waals surface area contributed by atoms with Crippen molar-refractivity contribution < 1.29 is 17.9 Å². The summed E-state index contributed by atoms with van der Waals surface area (Å²) < 4.78 is 29.1. The fraction of sp³-hybridized carbons (Fsp3) is 0.357. The van der Waals surface area contributed by atoms with Gasteiger partial charge in [-0.3, -0.25) is 0 Å². The fourth-order valence-corrected chi connectivity index (χ4v) is 2.51. The Morgan fingerprint density at radius 3 is 2.42 bits per heavy atom. The van der Waals surface area contributed by atoms with Crippen LogP contribution in [0.5, 0.6) is 0 Å². The van der Waals surface area contributed by atoms with Crippen LogP contribution in [0.15, 0.2) is 29.2 Å². The SMILES string of the molecule is CCOC(=O)c1nc(CN(C)C)n(-c2ccc(S(N)(=O)=O)cc2)n1. The Hall–Kier alpha value is -2.30. The third-order valence-electron chi connectivity index (χ3n) is 3.00. The van der Waals surface area contributed by atoms with Crippen LogP contribution in [0, 0.1) is 0 Å². The summed E-state index contributed by atoms with van der Waals surface area (Å²) in [5.74, 6) is -0.145. The fourth-order valence-electron chi connectivity index (χ4n) is 2.00. The van der Waals surface area contributed by atoms with Gasteiger partial charge in [0.25, 0.3) is 5.82 Å². The van der Waals surface area contributed by atoms with Gasteiger partial charge >= 0.3 is 5.97 Å². The monoisotopic (exact) mass is 353 g/mol. The number of rotatable bonds is 6. The Balaban J connectivity index is 2.45. The van der Waals surface area contributed by atoms with E-state index in [0.717, 1.165) is 0 Å². The third kappa shape index (κ3) is 4.16. The normalized spacial score (nSPS) is 11.7. The maximum Gasteiger partial charge on any atom is 0.378 e. The molecule has 0 saturated heterocycles. The second kappa shape index (κ2) is 7.07. The molecule has 1 aromatic carbocycles. The molecule has 0 fully saturated rings. The summed E-state index contributed by atoms with van der Waals surface area (Å²) in [6.45, 7) is 2.35. The van der Waals surface area contributed by atoms with Crippen LogP contribution in [0.1, 0.15) is 23.4 Å². The van der Waals surface area contributed by atoms with E-state index in [1.807, 2.05) is 19.0 Å². The molecule has 0 spiro atoms. The number of ether oxygens (including phenoxy) is 1. The van der Waals surface area contributed by atoms with Gasteiger partial charge < -0.3 is 9.64 Å². The molecule has 1 aromatic heterocycles. The van der Waals surface area contributed by atoms with Gasteiger partial charge in [0.15, 0.2) is 0 Å². The largest absolute Gasteiger partial charge is 0.460 e. The van der Waals surface area contributed by atoms with Gasteiger partial charge in [-0.2, -0.15) is 0 Å². The molecule has 2 N–H and O–H groups in total. The van der Waals surface area contributed by atoms with Crippen LogP contribution >= 0.6 is 0 Å². The minimum absolute atomic E-state index is 0.00820. The number of carbonyl (C=O) groups is 1. The van der Waals surface area contributed by atoms with Crippen LogP contribution in [-0.2, 0) is 21.3 Å². The zero-order chi connectivity index (χ0) is 17.9. The Labute approximate surface area is 140 Å². The number of aromatic nitrogens is 3. The summed E-state index contributed by atoms with van der Waals surface area (Å²) in [4.78, 5) is 17.9. The molecular formula is C14H19N5O4S. The van der Waals surface area contributed by atoms with E-state index < -0.39 is 16.0 Å². The molecule has 0 radical (unpaired) electrons. The van der Waals surface area contributed by atoms with Crippen molar-refractivity contribution in [2.24, 2.45) is 5.14 Å². The van der Waals surface area contributed by atoms with Crippen molar-refractivity contribution in [1.82, 2.24) is 19.7 Å². The van der Waals surface area contributed by atoms with Crippen molar-refractivity contribution in [3.05, 3.63) is 35.9 Å². The number of hydrogen-bond acceptors (Lipinski definition) is 7. The van der Waals surface area contributed by atoms with Crippen LogP contribution in [-0.4, -0.2) is 54.8 Å². The lowest BCUT2D eigenvalue weighted by Crippen LogP contribution is -2.16. The van der Waals surface area contributed by atoms with Gasteiger partial charge in [0.05, 0.1) is 23.7 Å². The van der Waals surface area contributed by atoms with E-state index in [1.54, 1.807) is 19.1 Å². The van der Waals surface area contributed by atoms with Crippen molar-refractivity contribution in [3.63, 3.8) is 0 Å². The number of benzene rings is 1. The average Bonchev–Trinajstić information content (AvgIpc) is 2.90. The average molecular weight is 353 g/mol. The number of nitrogens with zero attached hydrogens (tertiary/aromatic N) is 4. The molecule has 0 aliphatic carbocycles. The molecule has 0 aliphatic heterocycles. The second-order valence-electron chi connectivity index (χ2n) is 5.26. The Morgan fingerprint density at radius 2 is 1.92 bits per heavy atom. The highest BCUT2D eigenvalue weighted by Gasteiger charge is 2.19. The standard InChI is InChI=1S/C14H19N5O4S/c1-4-23-14(20)13-16-12(9-18(2)3)19(17-13)10-5-7-11(8-6-10)24(15,21)22/h5-8H,4,9H2,1-3H3,(H2,15,21,22). The van der Waals surface area contributed by atoms with E-state index in [-0.39, 0.29) is 17.3 Å². The first-order chi connectivity index (χ1) is 11.2. The van der Waals surface area contributed by atoms with E-state index in [9.17, 15) is 13.2 Å². The summed E-state index contributed by atoms with van der Waals surface area (Å²) in [6, 6.07) is 5.83. The van der Waals surface area contributed by atoms with E-state index in [1.165, 1.54) is 16.8 Å². The minimum Gasteiger partial charge on any atom is -0.460 e. The zero-order valence-electron chi connectivity index (χ0n) is 13.6. The first-order valence-electron chi connectivity index (χ1n) is 7.13. The van der Waals surface area contributed by atoms with Crippen LogP contribution in [0.25, 0.3) is 5.69 Å². The molecule has 0 bridgehead atoms. The Kier molecular flexibility index (Phi) is 5.32. The molecule has 2 aromatic rings. The number of carbonyl (C=O) groups excluding carboxylic acids is 1. The van der Waals surface area contributed by atoms with Crippen LogP contribution in [0.2, 0.25) is 0 Å². The lowest BCUT2D eigenvalue weighted by Gasteiger charge is -2.10. The second-order valence-corrected chi connectivity index (χ2v) is 6.82. The maximum absolute atomic E-state index is 11.8. The van der Waals surface area contributed by atoms with E-state index >= 15 is 0 Å². The van der Waals surface area contributed by atoms with E-state index in [2.05, 4.69) is 10.1 Å². The molecule has 0 saturated carbocycles. The van der Waals surface area contributed by atoms with Crippen molar-refractivity contribution in [3.8, 4) is 5.69 Å². The summed E-state index contributed by atoms with van der Waals surface area (Å²) in [7, 11) is -0.0655. The summed E-state index contributed by atoms with van der Waals surface area (Å²) in [5.41, 5.74) is 0.558. The molecule has 0 amide bonds. The zero-order valence-corrected chi connectivity index (χ0v) is 14.4. The summed E-state index contributed by atoms with van der Waals surface area (Å²) in [5, 5.41) is 9.26. The lowest BCUT2D eigenvalue weighted by molar-refractivity contribution is 0.0512. The van der Waals surface area contributed by atoms with Gasteiger partial charge in [0.1, 0.15) is 5.82 Å². The van der Waals surface area contributed by atoms with Crippen molar-refractivity contribution in [1.29, 1.82) is 0 Å². The van der Waals surface area contributed by atoms with Crippen molar-refractivity contribution in [2.75, 3.05) is 20.7 Å². The first kappa shape index (κ1) is 18.0. The lowest BCUT2D eigenvalue weighted by atomic mass is 10.3. The molecule has 2 rings (SSSR count). The summed E-state index contributed by atoms with van der Waals surface area (Å²) in [6.07, 6.45) is 0. The molecule has 0 atom stereocenters. The number of esters is 1. The molecule has 0 aliphatic rings. The Morgan fingerprint density at radius 1 is 1.29 bits per heavy atom. The topological polar surface area (TPSA) is 120 Å². The molecule has 130 valence electrons. The molecular weight excluding hydrogens is 334 g/mol. The quantitative estimate of drug-likeness (QED) is 0.734. The predicted octanol–water partition coefficient (Wildman–Crippen LogP) is 0.153. The highest BCUT2D eigenvalue weighted by Crippen LogP contribution is 2.15. The highest BCUT2D eigenvalue weighted by atomic mass is 32.2. The molecule has 10 heteroatoms. The van der Waals surface area contributed by atoms with E-state index in [4.69, 9.17) is 9.88 Å². The van der Waals surface area contributed by atoms with Crippen LogP contribution in [0.4, 0.5) is 0 Å². The van der Waals surface area contributed by atoms with Gasteiger partial charge in [-0.15, -0.1) is 5.10 Å². The number of nitrogens with two attached hydrogens (primary N) is 1. The molecule has 1 heterocycles.